The molecule has 0 aromatic heterocycles. The molecule has 3 nitrogen and oxygen atoms in total. The van der Waals surface area contributed by atoms with Crippen molar-refractivity contribution in [3.63, 3.8) is 0 Å². The smallest absolute Gasteiger partial charge is 0.164 e. The van der Waals surface area contributed by atoms with Crippen molar-refractivity contribution in [3.05, 3.63) is 71.3 Å². The molecule has 0 radical (unpaired) electrons. The zero-order chi connectivity index (χ0) is 16.8. The van der Waals surface area contributed by atoms with Crippen molar-refractivity contribution in [1.82, 2.24) is 9.80 Å². The number of ketones is 1. The Morgan fingerprint density at radius 3 is 2.04 bits per heavy atom. The Labute approximate surface area is 169 Å². The second-order valence-corrected chi connectivity index (χ2v) is 6.64. The largest absolute Gasteiger partial charge is 0.300 e. The van der Waals surface area contributed by atoms with Crippen LogP contribution in [0.5, 0.6) is 0 Å². The predicted molar refractivity (Wildman–Crippen MR) is 113 cm³/mol. The molecule has 0 saturated carbocycles. The van der Waals surface area contributed by atoms with Gasteiger partial charge in [0.2, 0.25) is 0 Å². The number of aryl methyl sites for hydroxylation is 1. The van der Waals surface area contributed by atoms with Gasteiger partial charge in [-0.1, -0.05) is 60.2 Å². The van der Waals surface area contributed by atoms with E-state index in [0.717, 1.165) is 44.8 Å². The van der Waals surface area contributed by atoms with Gasteiger partial charge in [-0.15, -0.1) is 24.8 Å². The molecule has 0 spiro atoms. The van der Waals surface area contributed by atoms with E-state index >= 15 is 0 Å². The number of carbonyl (C=O) groups excluding carboxylic acids is 1. The van der Waals surface area contributed by atoms with Gasteiger partial charge < -0.3 is 4.90 Å². The summed E-state index contributed by atoms with van der Waals surface area (Å²) in [6, 6.07) is 18.5. The van der Waals surface area contributed by atoms with Crippen LogP contribution >= 0.6 is 24.8 Å². The Morgan fingerprint density at radius 2 is 1.42 bits per heavy atom. The van der Waals surface area contributed by atoms with Crippen LogP contribution in [0.2, 0.25) is 0 Å². The summed E-state index contributed by atoms with van der Waals surface area (Å²) in [5.74, 6) is 0.252. The topological polar surface area (TPSA) is 23.6 Å². The van der Waals surface area contributed by atoms with Crippen LogP contribution < -0.4 is 0 Å². The van der Waals surface area contributed by atoms with Crippen molar-refractivity contribution < 1.29 is 4.79 Å². The highest BCUT2D eigenvalue weighted by Crippen LogP contribution is 2.10. The van der Waals surface area contributed by atoms with E-state index in [1.54, 1.807) is 0 Å². The predicted octanol–water partition coefficient (Wildman–Crippen LogP) is 4.23. The average molecular weight is 395 g/mol. The first-order valence-corrected chi connectivity index (χ1v) is 8.79. The lowest BCUT2D eigenvalue weighted by atomic mass is 10.1. The molecule has 142 valence electrons. The monoisotopic (exact) mass is 394 g/mol. The lowest BCUT2D eigenvalue weighted by Crippen LogP contribution is -2.46. The Bertz CT molecular complexity index is 653. The van der Waals surface area contributed by atoms with E-state index < -0.39 is 0 Å². The van der Waals surface area contributed by atoms with E-state index in [-0.39, 0.29) is 30.6 Å². The molecule has 0 atom stereocenters. The summed E-state index contributed by atoms with van der Waals surface area (Å²) in [5, 5.41) is 0. The van der Waals surface area contributed by atoms with Gasteiger partial charge in [0.25, 0.3) is 0 Å². The van der Waals surface area contributed by atoms with E-state index in [2.05, 4.69) is 40.1 Å². The van der Waals surface area contributed by atoms with E-state index in [1.165, 1.54) is 11.1 Å². The summed E-state index contributed by atoms with van der Waals surface area (Å²) in [6.07, 6.45) is 0.613. The number of piperazine rings is 1. The standard InChI is InChI=1S/C21H26N2O.2ClH/c1-18-7-9-20(10-8-18)21(24)11-12-22-13-15-23(16-14-22)17-19-5-3-2-4-6-19;;/h2-10H,11-17H2,1H3;2*1H. The van der Waals surface area contributed by atoms with Crippen molar-refractivity contribution in [2.45, 2.75) is 19.9 Å². The third-order valence-electron chi connectivity index (χ3n) is 4.74. The van der Waals surface area contributed by atoms with Gasteiger partial charge in [0.05, 0.1) is 0 Å². The molecule has 2 aromatic carbocycles. The first-order valence-electron chi connectivity index (χ1n) is 8.79. The number of Topliss-reactive ketones (excluding diaryl/α,β-unsaturated/α-hetero) is 1. The molecule has 0 N–H and O–H groups in total. The van der Waals surface area contributed by atoms with Crippen LogP contribution in [0.3, 0.4) is 0 Å². The second kappa shape index (κ2) is 11.3. The second-order valence-electron chi connectivity index (χ2n) is 6.64. The molecule has 1 fully saturated rings. The molecule has 1 aliphatic rings. The quantitative estimate of drug-likeness (QED) is 0.684. The molecule has 26 heavy (non-hydrogen) atoms. The molecule has 3 rings (SSSR count). The maximum atomic E-state index is 12.3. The highest BCUT2D eigenvalue weighted by molar-refractivity contribution is 5.96. The van der Waals surface area contributed by atoms with Crippen LogP contribution in [0.15, 0.2) is 54.6 Å². The lowest BCUT2D eigenvalue weighted by Gasteiger charge is -2.34. The number of nitrogens with zero attached hydrogens (tertiary/aromatic N) is 2. The molecule has 0 aliphatic carbocycles. The SMILES string of the molecule is Cc1ccc(C(=O)CCN2CCN(Cc3ccccc3)CC2)cc1.Cl.Cl. The van der Waals surface area contributed by atoms with Crippen LogP contribution in [0, 0.1) is 6.92 Å². The third kappa shape index (κ3) is 6.73. The Balaban J connectivity index is 0.00000169. The maximum absolute atomic E-state index is 12.3. The van der Waals surface area contributed by atoms with Gasteiger partial charge in [-0.05, 0) is 12.5 Å². The summed E-state index contributed by atoms with van der Waals surface area (Å²) >= 11 is 0. The molecule has 0 bridgehead atoms. The average Bonchev–Trinajstić information content (AvgIpc) is 2.62. The van der Waals surface area contributed by atoms with Gasteiger partial charge >= 0.3 is 0 Å². The Kier molecular flexibility index (Phi) is 9.89. The number of halogens is 2. The Hall–Kier alpha value is -1.39. The van der Waals surface area contributed by atoms with Crippen LogP contribution in [-0.4, -0.2) is 48.3 Å². The normalized spacial score (nSPS) is 15.0. The van der Waals surface area contributed by atoms with Crippen LogP contribution in [0.25, 0.3) is 0 Å². The fraction of sp³-hybridized carbons (Fsp3) is 0.381. The van der Waals surface area contributed by atoms with Crippen molar-refractivity contribution >= 4 is 30.6 Å². The molecule has 1 aliphatic heterocycles. The first kappa shape index (κ1) is 22.7. The highest BCUT2D eigenvalue weighted by Gasteiger charge is 2.17. The van der Waals surface area contributed by atoms with Crippen molar-refractivity contribution in [3.8, 4) is 0 Å². The van der Waals surface area contributed by atoms with Gasteiger partial charge in [-0.25, -0.2) is 0 Å². The number of rotatable bonds is 6. The minimum atomic E-state index is 0. The van der Waals surface area contributed by atoms with E-state index in [4.69, 9.17) is 0 Å². The number of hydrogen-bond acceptors (Lipinski definition) is 3. The van der Waals surface area contributed by atoms with E-state index in [9.17, 15) is 4.79 Å². The summed E-state index contributed by atoms with van der Waals surface area (Å²) in [5.41, 5.74) is 3.41. The van der Waals surface area contributed by atoms with E-state index in [1.807, 2.05) is 31.2 Å². The molecule has 0 unspecified atom stereocenters. The fourth-order valence-corrected chi connectivity index (χ4v) is 3.16. The summed E-state index contributed by atoms with van der Waals surface area (Å²) in [7, 11) is 0. The molecule has 1 heterocycles. The zero-order valence-corrected chi connectivity index (χ0v) is 16.9. The maximum Gasteiger partial charge on any atom is 0.164 e. The van der Waals surface area contributed by atoms with Gasteiger partial charge in [0.1, 0.15) is 0 Å². The van der Waals surface area contributed by atoms with Gasteiger partial charge in [0, 0.05) is 51.3 Å². The zero-order valence-electron chi connectivity index (χ0n) is 15.3. The molecule has 1 saturated heterocycles. The summed E-state index contributed by atoms with van der Waals surface area (Å²) < 4.78 is 0. The molecule has 0 amide bonds. The first-order chi connectivity index (χ1) is 11.7. The minimum Gasteiger partial charge on any atom is -0.300 e. The molecular formula is C21H28Cl2N2O. The van der Waals surface area contributed by atoms with Crippen LogP contribution in [-0.2, 0) is 6.54 Å². The van der Waals surface area contributed by atoms with Gasteiger partial charge in [0.15, 0.2) is 5.78 Å². The van der Waals surface area contributed by atoms with Crippen molar-refractivity contribution in [2.24, 2.45) is 0 Å². The summed E-state index contributed by atoms with van der Waals surface area (Å²) in [6.45, 7) is 8.19. The molecule has 5 heteroatoms. The molecular weight excluding hydrogens is 367 g/mol. The summed E-state index contributed by atoms with van der Waals surface area (Å²) in [4.78, 5) is 17.2. The van der Waals surface area contributed by atoms with Crippen LogP contribution in [0.4, 0.5) is 0 Å². The van der Waals surface area contributed by atoms with Crippen LogP contribution in [0.1, 0.15) is 27.9 Å². The minimum absolute atomic E-state index is 0. The number of carbonyl (C=O) groups is 1. The third-order valence-corrected chi connectivity index (χ3v) is 4.74. The number of hydrogen-bond donors (Lipinski definition) is 0. The van der Waals surface area contributed by atoms with Crippen molar-refractivity contribution in [2.75, 3.05) is 32.7 Å². The lowest BCUT2D eigenvalue weighted by molar-refractivity contribution is 0.0922. The van der Waals surface area contributed by atoms with E-state index in [0.29, 0.717) is 6.42 Å². The van der Waals surface area contributed by atoms with Gasteiger partial charge in [-0.2, -0.15) is 0 Å². The molecule has 2 aromatic rings. The Morgan fingerprint density at radius 1 is 0.846 bits per heavy atom. The fourth-order valence-electron chi connectivity index (χ4n) is 3.16. The number of benzene rings is 2. The van der Waals surface area contributed by atoms with Gasteiger partial charge in [-0.3, -0.25) is 9.69 Å². The highest BCUT2D eigenvalue weighted by atomic mass is 35.5. The van der Waals surface area contributed by atoms with Crippen molar-refractivity contribution in [1.29, 1.82) is 0 Å².